The summed E-state index contributed by atoms with van der Waals surface area (Å²) in [5.41, 5.74) is 14.2. The Morgan fingerprint density at radius 3 is 2.34 bits per heavy atom. The lowest BCUT2D eigenvalue weighted by molar-refractivity contribution is 0.100. The smallest absolute Gasteiger partial charge is 0.317 e. The van der Waals surface area contributed by atoms with E-state index in [4.69, 9.17) is 11.5 Å². The molecule has 0 spiro atoms. The zero-order chi connectivity index (χ0) is 20.4. The minimum absolute atomic E-state index is 0.0148. The number of carbonyl (C=O) groups is 2. The van der Waals surface area contributed by atoms with Gasteiger partial charge in [-0.15, -0.1) is 5.10 Å². The number of hydrogen-bond acceptors (Lipinski definition) is 4. The molecule has 0 radical (unpaired) electrons. The molecule has 9 heteroatoms. The van der Waals surface area contributed by atoms with Crippen LogP contribution in [0.15, 0.2) is 73.2 Å². The van der Waals surface area contributed by atoms with E-state index in [0.29, 0.717) is 5.69 Å². The molecule has 4 rings (SSSR count). The normalized spacial score (nSPS) is 10.6. The molecular weight excluding hydrogens is 370 g/mol. The Morgan fingerprint density at radius 1 is 0.897 bits per heavy atom. The Balaban J connectivity index is 1.64. The highest BCUT2D eigenvalue weighted by Gasteiger charge is 2.16. The summed E-state index contributed by atoms with van der Waals surface area (Å²) in [6.07, 6.45) is 5.06. The standard InChI is InChI=1S/C20H17N7O2/c21-18(28)17-12-27(25-19(17)24-20(22)29)15-7-5-13(6-8-15)14-3-1-4-16(11-14)26-10-2-9-23-26/h1-12H,(H2,21,28)(H3,22,24,25,29). The number of primary amides is 2. The summed E-state index contributed by atoms with van der Waals surface area (Å²) < 4.78 is 3.25. The molecule has 0 aliphatic heterocycles. The third-order valence-corrected chi connectivity index (χ3v) is 4.30. The third kappa shape index (κ3) is 3.69. The van der Waals surface area contributed by atoms with Crippen molar-refractivity contribution >= 4 is 17.8 Å². The summed E-state index contributed by atoms with van der Waals surface area (Å²) in [4.78, 5) is 22.7. The Labute approximate surface area is 165 Å². The minimum atomic E-state index is -0.829. The fourth-order valence-corrected chi connectivity index (χ4v) is 2.95. The highest BCUT2D eigenvalue weighted by atomic mass is 16.2. The average molecular weight is 387 g/mol. The zero-order valence-corrected chi connectivity index (χ0v) is 15.2. The van der Waals surface area contributed by atoms with Crippen molar-refractivity contribution < 1.29 is 9.59 Å². The van der Waals surface area contributed by atoms with Gasteiger partial charge >= 0.3 is 6.03 Å². The Hall–Kier alpha value is -4.40. The third-order valence-electron chi connectivity index (χ3n) is 4.30. The fourth-order valence-electron chi connectivity index (χ4n) is 2.95. The Kier molecular flexibility index (Phi) is 4.54. The van der Waals surface area contributed by atoms with E-state index in [1.54, 1.807) is 10.9 Å². The molecule has 2 aromatic carbocycles. The predicted octanol–water partition coefficient (Wildman–Crippen LogP) is 2.31. The molecule has 0 fully saturated rings. The van der Waals surface area contributed by atoms with E-state index in [-0.39, 0.29) is 11.4 Å². The molecule has 0 aliphatic rings. The molecule has 3 amide bonds. The van der Waals surface area contributed by atoms with Crippen molar-refractivity contribution in [2.45, 2.75) is 0 Å². The van der Waals surface area contributed by atoms with E-state index >= 15 is 0 Å². The van der Waals surface area contributed by atoms with Crippen LogP contribution in [-0.2, 0) is 0 Å². The largest absolute Gasteiger partial charge is 0.365 e. The van der Waals surface area contributed by atoms with Gasteiger partial charge in [0, 0.05) is 18.6 Å². The number of nitrogens with two attached hydrogens (primary N) is 2. The molecule has 2 heterocycles. The van der Waals surface area contributed by atoms with Gasteiger partial charge in [0.25, 0.3) is 5.91 Å². The molecule has 2 aromatic heterocycles. The molecule has 9 nitrogen and oxygen atoms in total. The summed E-state index contributed by atoms with van der Waals surface area (Å²) >= 11 is 0. The van der Waals surface area contributed by atoms with Crippen molar-refractivity contribution in [2.24, 2.45) is 11.5 Å². The van der Waals surface area contributed by atoms with Crippen LogP contribution in [0.1, 0.15) is 10.4 Å². The van der Waals surface area contributed by atoms with Gasteiger partial charge in [-0.2, -0.15) is 5.10 Å². The van der Waals surface area contributed by atoms with Crippen molar-refractivity contribution in [1.82, 2.24) is 19.6 Å². The average Bonchev–Trinajstić information content (AvgIpc) is 3.38. The Bertz CT molecular complexity index is 1180. The second kappa shape index (κ2) is 7.31. The maximum Gasteiger partial charge on any atom is 0.317 e. The molecular formula is C20H17N7O2. The zero-order valence-electron chi connectivity index (χ0n) is 15.2. The number of benzene rings is 2. The lowest BCUT2D eigenvalue weighted by Gasteiger charge is -2.07. The molecule has 0 unspecified atom stereocenters. The molecule has 0 bridgehead atoms. The lowest BCUT2D eigenvalue weighted by Crippen LogP contribution is -2.22. The highest BCUT2D eigenvalue weighted by Crippen LogP contribution is 2.24. The van der Waals surface area contributed by atoms with Crippen molar-refractivity contribution in [1.29, 1.82) is 0 Å². The number of hydrogen-bond donors (Lipinski definition) is 3. The van der Waals surface area contributed by atoms with Gasteiger partial charge in [-0.1, -0.05) is 24.3 Å². The van der Waals surface area contributed by atoms with Crippen molar-refractivity contribution in [3.63, 3.8) is 0 Å². The second-order valence-corrected chi connectivity index (χ2v) is 6.24. The predicted molar refractivity (Wildman–Crippen MR) is 108 cm³/mol. The molecule has 29 heavy (non-hydrogen) atoms. The molecule has 5 N–H and O–H groups in total. The van der Waals surface area contributed by atoms with E-state index in [1.165, 1.54) is 10.9 Å². The first-order chi connectivity index (χ1) is 14.0. The quantitative estimate of drug-likeness (QED) is 0.484. The van der Waals surface area contributed by atoms with Crippen molar-refractivity contribution in [3.05, 3.63) is 78.8 Å². The first kappa shape index (κ1) is 18.0. The van der Waals surface area contributed by atoms with Crippen LogP contribution < -0.4 is 16.8 Å². The van der Waals surface area contributed by atoms with Crippen LogP contribution in [0.25, 0.3) is 22.5 Å². The van der Waals surface area contributed by atoms with Crippen LogP contribution in [0.3, 0.4) is 0 Å². The summed E-state index contributed by atoms with van der Waals surface area (Å²) in [7, 11) is 0. The summed E-state index contributed by atoms with van der Waals surface area (Å²) in [6.45, 7) is 0. The molecule has 0 saturated carbocycles. The molecule has 0 saturated heterocycles. The van der Waals surface area contributed by atoms with E-state index in [0.717, 1.165) is 16.8 Å². The van der Waals surface area contributed by atoms with E-state index < -0.39 is 11.9 Å². The topological polar surface area (TPSA) is 134 Å². The first-order valence-corrected chi connectivity index (χ1v) is 8.68. The fraction of sp³-hybridized carbons (Fsp3) is 0. The number of anilines is 1. The van der Waals surface area contributed by atoms with Crippen molar-refractivity contribution in [2.75, 3.05) is 5.32 Å². The van der Waals surface area contributed by atoms with Crippen LogP contribution in [0, 0.1) is 0 Å². The van der Waals surface area contributed by atoms with Crippen LogP contribution in [0.2, 0.25) is 0 Å². The summed E-state index contributed by atoms with van der Waals surface area (Å²) in [5, 5.41) is 10.7. The molecule has 0 aliphatic carbocycles. The molecule has 4 aromatic rings. The highest BCUT2D eigenvalue weighted by molar-refractivity contribution is 6.01. The van der Waals surface area contributed by atoms with Gasteiger partial charge in [0.15, 0.2) is 5.82 Å². The maximum absolute atomic E-state index is 11.6. The second-order valence-electron chi connectivity index (χ2n) is 6.24. The molecule has 0 atom stereocenters. The van der Waals surface area contributed by atoms with Gasteiger partial charge < -0.3 is 11.5 Å². The van der Waals surface area contributed by atoms with Gasteiger partial charge in [-0.05, 0) is 41.5 Å². The Morgan fingerprint density at radius 2 is 1.69 bits per heavy atom. The van der Waals surface area contributed by atoms with Gasteiger partial charge in [0.2, 0.25) is 0 Å². The summed E-state index contributed by atoms with van der Waals surface area (Å²) in [5.74, 6) is -0.701. The summed E-state index contributed by atoms with van der Waals surface area (Å²) in [6, 6.07) is 16.6. The number of nitrogens with one attached hydrogen (secondary N) is 1. The van der Waals surface area contributed by atoms with Gasteiger partial charge in [-0.25, -0.2) is 14.2 Å². The van der Waals surface area contributed by atoms with E-state index in [9.17, 15) is 9.59 Å². The van der Waals surface area contributed by atoms with Crippen LogP contribution in [-0.4, -0.2) is 31.5 Å². The number of aromatic nitrogens is 4. The minimum Gasteiger partial charge on any atom is -0.365 e. The van der Waals surface area contributed by atoms with Crippen LogP contribution in [0.5, 0.6) is 0 Å². The van der Waals surface area contributed by atoms with Gasteiger partial charge in [0.05, 0.1) is 11.4 Å². The maximum atomic E-state index is 11.6. The van der Waals surface area contributed by atoms with Gasteiger partial charge in [-0.3, -0.25) is 10.1 Å². The number of rotatable bonds is 5. The first-order valence-electron chi connectivity index (χ1n) is 8.68. The van der Waals surface area contributed by atoms with Crippen LogP contribution in [0.4, 0.5) is 10.6 Å². The lowest BCUT2D eigenvalue weighted by atomic mass is 10.0. The van der Waals surface area contributed by atoms with Crippen LogP contribution >= 0.6 is 0 Å². The van der Waals surface area contributed by atoms with E-state index in [1.807, 2.05) is 60.8 Å². The molecule has 144 valence electrons. The number of amides is 3. The van der Waals surface area contributed by atoms with Crippen molar-refractivity contribution in [3.8, 4) is 22.5 Å². The monoisotopic (exact) mass is 387 g/mol. The number of nitrogens with zero attached hydrogens (tertiary/aromatic N) is 4. The number of carbonyl (C=O) groups excluding carboxylic acids is 2. The van der Waals surface area contributed by atoms with Gasteiger partial charge in [0.1, 0.15) is 5.56 Å². The number of urea groups is 1. The SMILES string of the molecule is NC(=O)Nc1nn(-c2ccc(-c3cccc(-n4cccn4)c3)cc2)cc1C(N)=O. The van der Waals surface area contributed by atoms with E-state index in [2.05, 4.69) is 15.5 Å².